The lowest BCUT2D eigenvalue weighted by atomic mass is 10.1. The number of ether oxygens (including phenoxy) is 4. The van der Waals surface area contributed by atoms with Crippen molar-refractivity contribution in [1.29, 1.82) is 0 Å². The minimum atomic E-state index is -0.788. The van der Waals surface area contributed by atoms with E-state index in [9.17, 15) is 9.59 Å². The van der Waals surface area contributed by atoms with Crippen LogP contribution in [0.2, 0.25) is 0 Å². The molecular formula is C26H29NO6. The van der Waals surface area contributed by atoms with Crippen molar-refractivity contribution < 1.29 is 23.7 Å². The second kappa shape index (κ2) is 10.7. The number of rotatable bonds is 10. The Balaban J connectivity index is 1.71. The third-order valence-corrected chi connectivity index (χ3v) is 4.82. The van der Waals surface area contributed by atoms with Crippen LogP contribution in [0.5, 0.6) is 17.2 Å². The Labute approximate surface area is 193 Å². The van der Waals surface area contributed by atoms with Gasteiger partial charge >= 0.3 is 5.97 Å². The molecule has 3 aromatic rings. The van der Waals surface area contributed by atoms with Gasteiger partial charge in [-0.3, -0.25) is 14.2 Å². The van der Waals surface area contributed by atoms with E-state index in [1.54, 1.807) is 51.2 Å². The highest BCUT2D eigenvalue weighted by Crippen LogP contribution is 2.30. The van der Waals surface area contributed by atoms with Gasteiger partial charge in [-0.1, -0.05) is 37.3 Å². The van der Waals surface area contributed by atoms with E-state index in [1.807, 2.05) is 30.3 Å². The van der Waals surface area contributed by atoms with Crippen molar-refractivity contribution in [3.05, 3.63) is 82.8 Å². The zero-order valence-electron chi connectivity index (χ0n) is 19.4. The summed E-state index contributed by atoms with van der Waals surface area (Å²) in [7, 11) is 1.53. The Morgan fingerprint density at radius 1 is 0.970 bits per heavy atom. The standard InChI is InChI=1S/C26H29NO6/c1-5-25(29)33-26(2,3)18-32-22-12-11-20(15-23(22)30-4)27-14-13-21(16-24(27)28)31-17-19-9-7-6-8-10-19/h6-16H,5,17-18H2,1-4H3. The summed E-state index contributed by atoms with van der Waals surface area (Å²) in [5.74, 6) is 1.15. The molecule has 1 heterocycles. The van der Waals surface area contributed by atoms with Gasteiger partial charge in [0.05, 0.1) is 12.8 Å². The van der Waals surface area contributed by atoms with Crippen LogP contribution in [0.1, 0.15) is 32.8 Å². The molecule has 33 heavy (non-hydrogen) atoms. The lowest BCUT2D eigenvalue weighted by molar-refractivity contribution is -0.158. The molecule has 0 bridgehead atoms. The van der Waals surface area contributed by atoms with Crippen molar-refractivity contribution in [3.8, 4) is 22.9 Å². The van der Waals surface area contributed by atoms with E-state index >= 15 is 0 Å². The fraction of sp³-hybridized carbons (Fsp3) is 0.308. The van der Waals surface area contributed by atoms with Gasteiger partial charge in [0, 0.05) is 24.8 Å². The van der Waals surface area contributed by atoms with E-state index < -0.39 is 5.60 Å². The van der Waals surface area contributed by atoms with E-state index in [-0.39, 0.29) is 18.1 Å². The predicted octanol–water partition coefficient (Wildman–Crippen LogP) is 4.54. The number of esters is 1. The number of hydrogen-bond donors (Lipinski definition) is 0. The van der Waals surface area contributed by atoms with Gasteiger partial charge in [-0.05, 0) is 37.6 Å². The molecule has 0 saturated heterocycles. The maximum Gasteiger partial charge on any atom is 0.306 e. The number of methoxy groups -OCH3 is 1. The molecule has 0 aliphatic rings. The van der Waals surface area contributed by atoms with Gasteiger partial charge in [0.25, 0.3) is 5.56 Å². The summed E-state index contributed by atoms with van der Waals surface area (Å²) in [5, 5.41) is 0. The number of pyridine rings is 1. The second-order valence-electron chi connectivity index (χ2n) is 8.06. The molecule has 0 amide bonds. The topological polar surface area (TPSA) is 76.0 Å². The molecule has 1 aromatic heterocycles. The van der Waals surface area contributed by atoms with Crippen LogP contribution < -0.4 is 19.8 Å². The summed E-state index contributed by atoms with van der Waals surface area (Å²) in [6.07, 6.45) is 1.96. The van der Waals surface area contributed by atoms with Crippen molar-refractivity contribution in [2.75, 3.05) is 13.7 Å². The van der Waals surface area contributed by atoms with Crippen LogP contribution in [-0.4, -0.2) is 29.9 Å². The number of hydrogen-bond acceptors (Lipinski definition) is 6. The van der Waals surface area contributed by atoms with Crippen molar-refractivity contribution in [2.24, 2.45) is 0 Å². The Morgan fingerprint density at radius 3 is 2.39 bits per heavy atom. The lowest BCUT2D eigenvalue weighted by Gasteiger charge is -2.25. The summed E-state index contributed by atoms with van der Waals surface area (Å²) in [6, 6.07) is 18.1. The summed E-state index contributed by atoms with van der Waals surface area (Å²) in [5.41, 5.74) is 0.623. The molecular weight excluding hydrogens is 422 g/mol. The minimum Gasteiger partial charge on any atom is -0.493 e. The van der Waals surface area contributed by atoms with Gasteiger partial charge < -0.3 is 18.9 Å². The molecule has 174 valence electrons. The van der Waals surface area contributed by atoms with Crippen molar-refractivity contribution in [1.82, 2.24) is 4.57 Å². The summed E-state index contributed by atoms with van der Waals surface area (Å²) >= 11 is 0. The van der Waals surface area contributed by atoms with E-state index in [2.05, 4.69) is 0 Å². The highest BCUT2D eigenvalue weighted by molar-refractivity contribution is 5.69. The smallest absolute Gasteiger partial charge is 0.306 e. The highest BCUT2D eigenvalue weighted by atomic mass is 16.6. The molecule has 0 aliphatic heterocycles. The first kappa shape index (κ1) is 23.9. The normalized spacial score (nSPS) is 11.0. The van der Waals surface area contributed by atoms with Gasteiger partial charge in [-0.15, -0.1) is 0 Å². The van der Waals surface area contributed by atoms with Crippen molar-refractivity contribution >= 4 is 5.97 Å². The average molecular weight is 452 g/mol. The largest absolute Gasteiger partial charge is 0.493 e. The SMILES string of the molecule is CCC(=O)OC(C)(C)COc1ccc(-n2ccc(OCc3ccccc3)cc2=O)cc1OC. The van der Waals surface area contributed by atoms with Crippen LogP contribution in [0.15, 0.2) is 71.7 Å². The first-order valence-corrected chi connectivity index (χ1v) is 10.7. The zero-order valence-corrected chi connectivity index (χ0v) is 19.4. The van der Waals surface area contributed by atoms with E-state index in [4.69, 9.17) is 18.9 Å². The van der Waals surface area contributed by atoms with Crippen LogP contribution in [0, 0.1) is 0 Å². The van der Waals surface area contributed by atoms with Gasteiger partial charge in [0.2, 0.25) is 0 Å². The number of carbonyl (C=O) groups is 1. The number of nitrogens with zero attached hydrogens (tertiary/aromatic N) is 1. The maximum absolute atomic E-state index is 12.7. The molecule has 0 spiro atoms. The Morgan fingerprint density at radius 2 is 1.73 bits per heavy atom. The van der Waals surface area contributed by atoms with Crippen LogP contribution in [0.4, 0.5) is 0 Å². The number of carbonyl (C=O) groups excluding carboxylic acids is 1. The van der Waals surface area contributed by atoms with Crippen molar-refractivity contribution in [3.63, 3.8) is 0 Å². The Hall–Kier alpha value is -3.74. The summed E-state index contributed by atoms with van der Waals surface area (Å²) in [4.78, 5) is 24.3. The predicted molar refractivity (Wildman–Crippen MR) is 125 cm³/mol. The molecule has 7 heteroatoms. The van der Waals surface area contributed by atoms with E-state index in [1.165, 1.54) is 17.7 Å². The number of aromatic nitrogens is 1. The van der Waals surface area contributed by atoms with Gasteiger partial charge in [-0.2, -0.15) is 0 Å². The fourth-order valence-electron chi connectivity index (χ4n) is 3.09. The van der Waals surface area contributed by atoms with Gasteiger partial charge in [0.1, 0.15) is 24.6 Å². The van der Waals surface area contributed by atoms with Crippen molar-refractivity contribution in [2.45, 2.75) is 39.4 Å². The van der Waals surface area contributed by atoms with E-state index in [0.717, 1.165) is 5.56 Å². The van der Waals surface area contributed by atoms with E-state index in [0.29, 0.717) is 36.0 Å². The molecule has 0 saturated carbocycles. The highest BCUT2D eigenvalue weighted by Gasteiger charge is 2.24. The van der Waals surface area contributed by atoms with Crippen LogP contribution >= 0.6 is 0 Å². The van der Waals surface area contributed by atoms with Gasteiger partial charge in [-0.25, -0.2) is 0 Å². The quantitative estimate of drug-likeness (QED) is 0.422. The molecule has 0 aliphatic carbocycles. The average Bonchev–Trinajstić information content (AvgIpc) is 2.82. The third-order valence-electron chi connectivity index (χ3n) is 4.82. The third kappa shape index (κ3) is 6.62. The lowest BCUT2D eigenvalue weighted by Crippen LogP contribution is -2.34. The molecule has 0 unspecified atom stereocenters. The molecule has 7 nitrogen and oxygen atoms in total. The molecule has 0 radical (unpaired) electrons. The van der Waals surface area contributed by atoms with Crippen LogP contribution in [0.3, 0.4) is 0 Å². The molecule has 0 atom stereocenters. The molecule has 2 aromatic carbocycles. The zero-order chi connectivity index (χ0) is 23.8. The van der Waals surface area contributed by atoms with Gasteiger partial charge in [0.15, 0.2) is 11.5 Å². The molecule has 3 rings (SSSR count). The Kier molecular flexibility index (Phi) is 7.77. The molecule has 0 N–H and O–H groups in total. The summed E-state index contributed by atoms with van der Waals surface area (Å²) < 4.78 is 23.9. The number of benzene rings is 2. The first-order valence-electron chi connectivity index (χ1n) is 10.7. The Bertz CT molecular complexity index is 1140. The van der Waals surface area contributed by atoms with Crippen LogP contribution in [0.25, 0.3) is 5.69 Å². The maximum atomic E-state index is 12.7. The minimum absolute atomic E-state index is 0.155. The van der Waals surface area contributed by atoms with Crippen LogP contribution in [-0.2, 0) is 16.1 Å². The second-order valence-corrected chi connectivity index (χ2v) is 8.06. The first-order chi connectivity index (χ1) is 15.8. The fourth-order valence-corrected chi connectivity index (χ4v) is 3.09. The molecule has 0 fully saturated rings. The summed E-state index contributed by atoms with van der Waals surface area (Å²) in [6.45, 7) is 5.84. The monoisotopic (exact) mass is 451 g/mol.